The van der Waals surface area contributed by atoms with Crippen molar-refractivity contribution in [2.75, 3.05) is 19.7 Å². The largest absolute Gasteiger partial charge is 0.378 e. The molecule has 1 saturated heterocycles. The van der Waals surface area contributed by atoms with Crippen molar-refractivity contribution in [1.29, 1.82) is 0 Å². The molecule has 3 aliphatic rings. The van der Waals surface area contributed by atoms with Crippen molar-refractivity contribution >= 4 is 35.6 Å². The first kappa shape index (κ1) is 16.9. The molecule has 22 heavy (non-hydrogen) atoms. The standard InChI is InChI=1S/C17H21Cl2NO.ClH/c18-15-4-3-12(6-16(15)19)17-7-14(21-9-11-1-2-11)5-13(17)8-20-10-17;/h3-4,6,11,13-14,20H,1-2,5,7-10H2;1H/t13-,14-,17+;/m1./s1. The molecule has 0 bridgehead atoms. The van der Waals surface area contributed by atoms with Crippen LogP contribution in [0.3, 0.4) is 0 Å². The third-order valence-corrected chi connectivity index (χ3v) is 6.25. The van der Waals surface area contributed by atoms with Crippen molar-refractivity contribution in [3.8, 4) is 0 Å². The highest BCUT2D eigenvalue weighted by Crippen LogP contribution is 2.50. The molecule has 2 saturated carbocycles. The monoisotopic (exact) mass is 361 g/mol. The molecule has 1 N–H and O–H groups in total. The maximum absolute atomic E-state index is 6.24. The molecule has 0 aromatic heterocycles. The van der Waals surface area contributed by atoms with Gasteiger partial charge in [0, 0.05) is 18.6 Å². The molecule has 0 radical (unpaired) electrons. The topological polar surface area (TPSA) is 21.3 Å². The van der Waals surface area contributed by atoms with Crippen LogP contribution in [0.2, 0.25) is 10.0 Å². The van der Waals surface area contributed by atoms with E-state index < -0.39 is 0 Å². The van der Waals surface area contributed by atoms with Crippen LogP contribution >= 0.6 is 35.6 Å². The molecule has 3 fully saturated rings. The Morgan fingerprint density at radius 1 is 1.23 bits per heavy atom. The number of halogens is 3. The van der Waals surface area contributed by atoms with Crippen LogP contribution in [-0.2, 0) is 10.2 Å². The summed E-state index contributed by atoms with van der Waals surface area (Å²) in [5, 5.41) is 4.87. The normalized spacial score (nSPS) is 33.5. The van der Waals surface area contributed by atoms with E-state index in [1.165, 1.54) is 24.8 Å². The first-order valence-corrected chi connectivity index (χ1v) is 8.71. The number of fused-ring (bicyclic) bond motifs is 1. The van der Waals surface area contributed by atoms with E-state index in [1.807, 2.05) is 6.07 Å². The van der Waals surface area contributed by atoms with Crippen LogP contribution in [0.1, 0.15) is 31.2 Å². The van der Waals surface area contributed by atoms with Crippen LogP contribution in [0, 0.1) is 11.8 Å². The molecule has 1 aromatic rings. The molecule has 1 heterocycles. The van der Waals surface area contributed by atoms with Crippen LogP contribution < -0.4 is 5.32 Å². The number of hydrogen-bond donors (Lipinski definition) is 1. The Hall–Kier alpha value is 0.01000. The van der Waals surface area contributed by atoms with Gasteiger partial charge < -0.3 is 10.1 Å². The molecule has 1 aliphatic heterocycles. The minimum atomic E-state index is 0. The van der Waals surface area contributed by atoms with E-state index in [4.69, 9.17) is 27.9 Å². The summed E-state index contributed by atoms with van der Waals surface area (Å²) >= 11 is 12.3. The summed E-state index contributed by atoms with van der Waals surface area (Å²) in [5.41, 5.74) is 1.51. The van der Waals surface area contributed by atoms with Gasteiger partial charge in [-0.2, -0.15) is 0 Å². The quantitative estimate of drug-likeness (QED) is 0.853. The van der Waals surface area contributed by atoms with Crippen molar-refractivity contribution in [1.82, 2.24) is 5.32 Å². The lowest BCUT2D eigenvalue weighted by molar-refractivity contribution is 0.0446. The second-order valence-electron chi connectivity index (χ2n) is 6.95. The van der Waals surface area contributed by atoms with Crippen molar-refractivity contribution < 1.29 is 4.74 Å². The Bertz CT molecular complexity index is 549. The second kappa shape index (κ2) is 6.49. The summed E-state index contributed by atoms with van der Waals surface area (Å²) in [6, 6.07) is 6.15. The molecule has 0 unspecified atom stereocenters. The van der Waals surface area contributed by atoms with E-state index in [1.54, 1.807) is 0 Å². The fraction of sp³-hybridized carbons (Fsp3) is 0.647. The van der Waals surface area contributed by atoms with Gasteiger partial charge in [0.2, 0.25) is 0 Å². The molecule has 4 rings (SSSR count). The van der Waals surface area contributed by atoms with Gasteiger partial charge in [0.1, 0.15) is 0 Å². The van der Waals surface area contributed by atoms with Crippen LogP contribution in [0.15, 0.2) is 18.2 Å². The molecule has 1 aromatic carbocycles. The fourth-order valence-electron chi connectivity index (χ4n) is 4.11. The SMILES string of the molecule is Cl.Clc1ccc([C@]23CNC[C@H]2C[C@@H](OCC2CC2)C3)cc1Cl. The molecule has 5 heteroatoms. The summed E-state index contributed by atoms with van der Waals surface area (Å²) in [6.45, 7) is 3.07. The number of nitrogens with one attached hydrogen (secondary N) is 1. The number of rotatable bonds is 4. The first-order chi connectivity index (χ1) is 10.2. The van der Waals surface area contributed by atoms with E-state index in [0.717, 1.165) is 32.0 Å². The van der Waals surface area contributed by atoms with Gasteiger partial charge in [-0.25, -0.2) is 0 Å². The molecule has 0 spiro atoms. The van der Waals surface area contributed by atoms with Gasteiger partial charge in [0.05, 0.1) is 16.1 Å². The highest BCUT2D eigenvalue weighted by atomic mass is 35.5. The van der Waals surface area contributed by atoms with Gasteiger partial charge in [-0.3, -0.25) is 0 Å². The van der Waals surface area contributed by atoms with Crippen LogP contribution in [0.5, 0.6) is 0 Å². The van der Waals surface area contributed by atoms with Crippen LogP contribution in [0.4, 0.5) is 0 Å². The zero-order chi connectivity index (χ0) is 14.4. The van der Waals surface area contributed by atoms with Gasteiger partial charge in [-0.15, -0.1) is 12.4 Å². The first-order valence-electron chi connectivity index (χ1n) is 7.95. The molecule has 2 aliphatic carbocycles. The van der Waals surface area contributed by atoms with E-state index in [9.17, 15) is 0 Å². The van der Waals surface area contributed by atoms with Crippen LogP contribution in [0.25, 0.3) is 0 Å². The van der Waals surface area contributed by atoms with E-state index in [2.05, 4.69) is 17.4 Å². The average molecular weight is 363 g/mol. The third kappa shape index (κ3) is 3.01. The van der Waals surface area contributed by atoms with Crippen molar-refractivity contribution in [2.45, 2.75) is 37.2 Å². The molecule has 2 nitrogen and oxygen atoms in total. The average Bonchev–Trinajstić information content (AvgIpc) is 3.10. The summed E-state index contributed by atoms with van der Waals surface area (Å²) < 4.78 is 6.18. The smallest absolute Gasteiger partial charge is 0.0595 e. The lowest BCUT2D eigenvalue weighted by Crippen LogP contribution is -2.31. The molecule has 3 atom stereocenters. The van der Waals surface area contributed by atoms with Crippen molar-refractivity contribution in [3.63, 3.8) is 0 Å². The van der Waals surface area contributed by atoms with Crippen molar-refractivity contribution in [2.24, 2.45) is 11.8 Å². The van der Waals surface area contributed by atoms with Gasteiger partial charge in [-0.1, -0.05) is 29.3 Å². The highest BCUT2D eigenvalue weighted by molar-refractivity contribution is 6.42. The number of ether oxygens (including phenoxy) is 1. The molecule has 122 valence electrons. The fourth-order valence-corrected chi connectivity index (χ4v) is 4.41. The lowest BCUT2D eigenvalue weighted by atomic mass is 9.74. The molecule has 0 amide bonds. The Kier molecular flexibility index (Phi) is 4.97. The van der Waals surface area contributed by atoms with Gasteiger partial charge in [0.15, 0.2) is 0 Å². The number of benzene rings is 1. The van der Waals surface area contributed by atoms with Gasteiger partial charge in [-0.05, 0) is 61.8 Å². The Morgan fingerprint density at radius 3 is 2.77 bits per heavy atom. The highest BCUT2D eigenvalue weighted by Gasteiger charge is 2.51. The Balaban J connectivity index is 0.00000144. The summed E-state index contributed by atoms with van der Waals surface area (Å²) in [7, 11) is 0. The maximum atomic E-state index is 6.24. The Morgan fingerprint density at radius 2 is 2.05 bits per heavy atom. The summed E-state index contributed by atoms with van der Waals surface area (Å²) in [4.78, 5) is 0. The minimum Gasteiger partial charge on any atom is -0.378 e. The predicted octanol–water partition coefficient (Wildman–Crippen LogP) is 4.46. The zero-order valence-electron chi connectivity index (χ0n) is 12.5. The Labute approximate surface area is 148 Å². The maximum Gasteiger partial charge on any atom is 0.0595 e. The molecular formula is C17H22Cl3NO. The van der Waals surface area contributed by atoms with E-state index in [-0.39, 0.29) is 17.8 Å². The van der Waals surface area contributed by atoms with E-state index >= 15 is 0 Å². The second-order valence-corrected chi connectivity index (χ2v) is 7.77. The third-order valence-electron chi connectivity index (χ3n) is 5.51. The van der Waals surface area contributed by atoms with Crippen molar-refractivity contribution in [3.05, 3.63) is 33.8 Å². The van der Waals surface area contributed by atoms with Crippen LogP contribution in [-0.4, -0.2) is 25.8 Å². The summed E-state index contributed by atoms with van der Waals surface area (Å²) in [5.74, 6) is 1.49. The molecular weight excluding hydrogens is 341 g/mol. The summed E-state index contributed by atoms with van der Waals surface area (Å²) in [6.07, 6.45) is 5.40. The van der Waals surface area contributed by atoms with Gasteiger partial charge >= 0.3 is 0 Å². The minimum absolute atomic E-state index is 0. The zero-order valence-corrected chi connectivity index (χ0v) is 14.8. The number of hydrogen-bond acceptors (Lipinski definition) is 2. The lowest BCUT2D eigenvalue weighted by Gasteiger charge is -2.29. The van der Waals surface area contributed by atoms with Gasteiger partial charge in [0.25, 0.3) is 0 Å². The predicted molar refractivity (Wildman–Crippen MR) is 93.4 cm³/mol. The van der Waals surface area contributed by atoms with E-state index in [0.29, 0.717) is 22.1 Å².